The fourth-order valence-corrected chi connectivity index (χ4v) is 4.21. The molecule has 7 nitrogen and oxygen atoms in total. The van der Waals surface area contributed by atoms with Gasteiger partial charge in [0, 0.05) is 13.1 Å². The summed E-state index contributed by atoms with van der Waals surface area (Å²) in [5.74, 6) is -1.20. The Kier molecular flexibility index (Phi) is 5.12. The van der Waals surface area contributed by atoms with Crippen molar-refractivity contribution in [3.8, 4) is 0 Å². The lowest BCUT2D eigenvalue weighted by Gasteiger charge is -2.24. The molecule has 0 radical (unpaired) electrons. The highest BCUT2D eigenvalue weighted by Crippen LogP contribution is 2.29. The highest BCUT2D eigenvalue weighted by atomic mass is 32.1. The van der Waals surface area contributed by atoms with Crippen LogP contribution in [0.25, 0.3) is 10.2 Å². The maximum atomic E-state index is 13.2. The predicted molar refractivity (Wildman–Crippen MR) is 112 cm³/mol. The number of fused-ring (bicyclic) bond motifs is 2. The van der Waals surface area contributed by atoms with Crippen molar-refractivity contribution >= 4 is 44.4 Å². The molecule has 3 amide bonds. The van der Waals surface area contributed by atoms with Crippen LogP contribution in [0.2, 0.25) is 0 Å². The first-order valence-corrected chi connectivity index (χ1v) is 10.0. The third-order valence-electron chi connectivity index (χ3n) is 4.76. The van der Waals surface area contributed by atoms with Gasteiger partial charge in [0.1, 0.15) is 6.54 Å². The number of benzene rings is 2. The maximum Gasteiger partial charge on any atom is 0.262 e. The normalized spacial score (nSPS) is 13.4. The van der Waals surface area contributed by atoms with E-state index in [1.54, 1.807) is 29.2 Å². The largest absolute Gasteiger partial charge is 0.308 e. The van der Waals surface area contributed by atoms with Crippen molar-refractivity contribution in [1.82, 2.24) is 14.8 Å². The molecule has 148 valence electrons. The highest BCUT2D eigenvalue weighted by molar-refractivity contribution is 7.22. The van der Waals surface area contributed by atoms with Crippen LogP contribution in [0.4, 0.5) is 5.13 Å². The number of hydrogen-bond acceptors (Lipinski definition) is 6. The molecule has 8 heteroatoms. The molecule has 0 saturated carbocycles. The zero-order valence-electron chi connectivity index (χ0n) is 16.2. The number of thiazole rings is 1. The Morgan fingerprint density at radius 2 is 1.59 bits per heavy atom. The minimum atomic E-state index is -0.434. The molecule has 0 bridgehead atoms. The van der Waals surface area contributed by atoms with E-state index < -0.39 is 11.8 Å². The molecular weight excluding hydrogens is 388 g/mol. The van der Waals surface area contributed by atoms with Crippen LogP contribution in [0.3, 0.4) is 0 Å². The summed E-state index contributed by atoms with van der Waals surface area (Å²) in [6, 6.07) is 14.3. The Hall–Kier alpha value is -3.10. The topological polar surface area (TPSA) is 73.8 Å². The van der Waals surface area contributed by atoms with Gasteiger partial charge in [0.25, 0.3) is 11.8 Å². The molecule has 0 saturated heterocycles. The smallest absolute Gasteiger partial charge is 0.262 e. The second kappa shape index (κ2) is 7.73. The second-order valence-electron chi connectivity index (χ2n) is 7.05. The number of likely N-dealkylation sites (N-methyl/N-ethyl adjacent to an activating group) is 1. The minimum Gasteiger partial charge on any atom is -0.308 e. The lowest BCUT2D eigenvalue weighted by atomic mass is 10.1. The quantitative estimate of drug-likeness (QED) is 0.586. The molecule has 1 aliphatic rings. The summed E-state index contributed by atoms with van der Waals surface area (Å²) in [7, 11) is 3.84. The first-order valence-electron chi connectivity index (χ1n) is 9.21. The fourth-order valence-electron chi connectivity index (χ4n) is 3.21. The number of carbonyl (C=O) groups is 3. The predicted octanol–water partition coefficient (Wildman–Crippen LogP) is 2.49. The number of aromatic nitrogens is 1. The van der Waals surface area contributed by atoms with E-state index in [0.717, 1.165) is 15.1 Å². The number of carbonyl (C=O) groups excluding carboxylic acids is 3. The van der Waals surface area contributed by atoms with Gasteiger partial charge in [0.05, 0.1) is 21.3 Å². The average Bonchev–Trinajstić information content (AvgIpc) is 3.23. The average molecular weight is 408 g/mol. The van der Waals surface area contributed by atoms with Gasteiger partial charge in [0.2, 0.25) is 5.91 Å². The van der Waals surface area contributed by atoms with Gasteiger partial charge in [-0.3, -0.25) is 24.2 Å². The molecule has 0 atom stereocenters. The van der Waals surface area contributed by atoms with E-state index >= 15 is 0 Å². The maximum absolute atomic E-state index is 13.2. The number of anilines is 1. The summed E-state index contributed by atoms with van der Waals surface area (Å²) in [5, 5.41) is 0.564. The van der Waals surface area contributed by atoms with Gasteiger partial charge in [-0.15, -0.1) is 0 Å². The van der Waals surface area contributed by atoms with E-state index in [4.69, 9.17) is 0 Å². The van der Waals surface area contributed by atoms with Crippen LogP contribution in [0.15, 0.2) is 48.5 Å². The Bertz CT molecular complexity index is 1040. The van der Waals surface area contributed by atoms with Gasteiger partial charge in [-0.1, -0.05) is 35.6 Å². The Labute approximate surface area is 172 Å². The molecule has 0 aliphatic carbocycles. The molecule has 0 N–H and O–H groups in total. The van der Waals surface area contributed by atoms with Crippen molar-refractivity contribution in [2.45, 2.75) is 0 Å². The zero-order valence-corrected chi connectivity index (χ0v) is 17.0. The molecule has 2 aromatic carbocycles. The van der Waals surface area contributed by atoms with Gasteiger partial charge < -0.3 is 4.90 Å². The molecule has 2 heterocycles. The molecule has 4 rings (SSSR count). The number of rotatable bonds is 6. The first-order chi connectivity index (χ1) is 14.0. The van der Waals surface area contributed by atoms with Crippen LogP contribution >= 0.6 is 11.3 Å². The summed E-state index contributed by atoms with van der Waals surface area (Å²) < 4.78 is 0.978. The Balaban J connectivity index is 1.60. The van der Waals surface area contributed by atoms with E-state index in [2.05, 4.69) is 4.98 Å². The molecule has 0 fully saturated rings. The van der Waals surface area contributed by atoms with Crippen molar-refractivity contribution in [3.05, 3.63) is 59.7 Å². The standard InChI is InChI=1S/C21H20N4O3S/c1-23(2)11-12-24(21-22-16-9-5-6-10-17(16)29-21)18(26)13-25-19(27)14-7-3-4-8-15(14)20(25)28/h3-10H,11-13H2,1-2H3. The second-order valence-corrected chi connectivity index (χ2v) is 8.06. The third kappa shape index (κ3) is 3.64. The van der Waals surface area contributed by atoms with Gasteiger partial charge >= 0.3 is 0 Å². The number of hydrogen-bond donors (Lipinski definition) is 0. The van der Waals surface area contributed by atoms with Gasteiger partial charge in [0.15, 0.2) is 5.13 Å². The summed E-state index contributed by atoms with van der Waals surface area (Å²) in [5.41, 5.74) is 1.49. The fraction of sp³-hybridized carbons (Fsp3) is 0.238. The van der Waals surface area contributed by atoms with Crippen LogP contribution in [-0.4, -0.2) is 66.2 Å². The third-order valence-corrected chi connectivity index (χ3v) is 5.82. The molecule has 1 aromatic heterocycles. The van der Waals surface area contributed by atoms with Crippen LogP contribution in [-0.2, 0) is 4.79 Å². The van der Waals surface area contributed by atoms with E-state index in [0.29, 0.717) is 29.3 Å². The minimum absolute atomic E-state index is 0.310. The zero-order chi connectivity index (χ0) is 20.5. The van der Waals surface area contributed by atoms with E-state index in [9.17, 15) is 14.4 Å². The van der Waals surface area contributed by atoms with E-state index in [1.807, 2.05) is 43.3 Å². The molecular formula is C21H20N4O3S. The van der Waals surface area contributed by atoms with Crippen molar-refractivity contribution in [2.24, 2.45) is 0 Å². The summed E-state index contributed by atoms with van der Waals surface area (Å²) in [6.07, 6.45) is 0. The van der Waals surface area contributed by atoms with Crippen molar-refractivity contribution in [3.63, 3.8) is 0 Å². The molecule has 1 aliphatic heterocycles. The number of para-hydroxylation sites is 1. The van der Waals surface area contributed by atoms with Crippen LogP contribution in [0.5, 0.6) is 0 Å². The monoisotopic (exact) mass is 408 g/mol. The number of nitrogens with zero attached hydrogens (tertiary/aromatic N) is 4. The van der Waals surface area contributed by atoms with E-state index in [1.165, 1.54) is 11.3 Å². The van der Waals surface area contributed by atoms with Crippen molar-refractivity contribution in [2.75, 3.05) is 38.6 Å². The van der Waals surface area contributed by atoms with Gasteiger partial charge in [-0.2, -0.15) is 0 Å². The van der Waals surface area contributed by atoms with Crippen LogP contribution in [0, 0.1) is 0 Å². The summed E-state index contributed by atoms with van der Waals surface area (Å²) >= 11 is 1.42. The lowest BCUT2D eigenvalue weighted by Crippen LogP contribution is -2.45. The summed E-state index contributed by atoms with van der Waals surface area (Å²) in [4.78, 5) is 47.5. The molecule has 29 heavy (non-hydrogen) atoms. The van der Waals surface area contributed by atoms with Crippen molar-refractivity contribution in [1.29, 1.82) is 0 Å². The Morgan fingerprint density at radius 1 is 0.966 bits per heavy atom. The molecule has 0 spiro atoms. The van der Waals surface area contributed by atoms with Gasteiger partial charge in [-0.25, -0.2) is 4.98 Å². The molecule has 3 aromatic rings. The van der Waals surface area contributed by atoms with Crippen LogP contribution < -0.4 is 4.90 Å². The van der Waals surface area contributed by atoms with Crippen molar-refractivity contribution < 1.29 is 14.4 Å². The SMILES string of the molecule is CN(C)CCN(C(=O)CN1C(=O)c2ccccc2C1=O)c1nc2ccccc2s1. The number of amides is 3. The lowest BCUT2D eigenvalue weighted by molar-refractivity contribution is -0.119. The Morgan fingerprint density at radius 3 is 2.21 bits per heavy atom. The number of imide groups is 1. The molecule has 0 unspecified atom stereocenters. The highest BCUT2D eigenvalue weighted by Gasteiger charge is 2.37. The van der Waals surface area contributed by atoms with Gasteiger partial charge in [-0.05, 0) is 38.4 Å². The van der Waals surface area contributed by atoms with Crippen LogP contribution in [0.1, 0.15) is 20.7 Å². The summed E-state index contributed by atoms with van der Waals surface area (Å²) in [6.45, 7) is 0.730. The van der Waals surface area contributed by atoms with E-state index in [-0.39, 0.29) is 12.5 Å². The first kappa shape index (κ1) is 19.2.